The second-order valence-corrected chi connectivity index (χ2v) is 5.38. The van der Waals surface area contributed by atoms with Crippen LogP contribution in [0.25, 0.3) is 10.9 Å². The topological polar surface area (TPSA) is 70.7 Å². The first-order chi connectivity index (χ1) is 11.5. The Morgan fingerprint density at radius 2 is 1.96 bits per heavy atom. The lowest BCUT2D eigenvalue weighted by Gasteiger charge is -2.14. The molecule has 6 nitrogen and oxygen atoms in total. The fraction of sp³-hybridized carbons (Fsp3) is 0.222. The average molecular weight is 327 g/mol. The molecule has 0 spiro atoms. The standard InChI is InChI=1S/C18H17NO5/c1-11-8-16(20)14-9-12(22-2)4-6-15(14)19(11)10-13-5-7-17(24-13)18(21)23-3/h4-9H,10H2,1-3H3. The monoisotopic (exact) mass is 327 g/mol. The molecule has 0 aliphatic rings. The SMILES string of the molecule is COC(=O)c1ccc(Cn2c(C)cc(=O)c3cc(OC)ccc32)o1. The van der Waals surface area contributed by atoms with E-state index in [2.05, 4.69) is 4.74 Å². The van der Waals surface area contributed by atoms with Crippen molar-refractivity contribution in [1.82, 2.24) is 4.57 Å². The maximum atomic E-state index is 12.3. The van der Waals surface area contributed by atoms with Gasteiger partial charge in [-0.2, -0.15) is 0 Å². The number of esters is 1. The Hall–Kier alpha value is -3.02. The molecular formula is C18H17NO5. The lowest BCUT2D eigenvalue weighted by Crippen LogP contribution is -2.12. The molecule has 124 valence electrons. The summed E-state index contributed by atoms with van der Waals surface area (Å²) in [4.78, 5) is 23.7. The van der Waals surface area contributed by atoms with Gasteiger partial charge < -0.3 is 18.5 Å². The van der Waals surface area contributed by atoms with Crippen LogP contribution in [0.5, 0.6) is 5.75 Å². The Bertz CT molecular complexity index is 967. The minimum absolute atomic E-state index is 0.0626. The Balaban J connectivity index is 2.07. The number of aryl methyl sites for hydroxylation is 1. The summed E-state index contributed by atoms with van der Waals surface area (Å²) in [5.41, 5.74) is 1.51. The molecule has 2 heterocycles. The molecule has 0 saturated heterocycles. The molecule has 0 radical (unpaired) electrons. The molecule has 24 heavy (non-hydrogen) atoms. The van der Waals surface area contributed by atoms with Crippen LogP contribution in [-0.4, -0.2) is 24.8 Å². The van der Waals surface area contributed by atoms with E-state index in [9.17, 15) is 9.59 Å². The van der Waals surface area contributed by atoms with E-state index >= 15 is 0 Å². The molecule has 0 saturated carbocycles. The Kier molecular flexibility index (Phi) is 4.12. The maximum absolute atomic E-state index is 12.3. The van der Waals surface area contributed by atoms with Crippen LogP contribution in [-0.2, 0) is 11.3 Å². The fourth-order valence-electron chi connectivity index (χ4n) is 2.65. The highest BCUT2D eigenvalue weighted by molar-refractivity contribution is 5.86. The van der Waals surface area contributed by atoms with Crippen molar-refractivity contribution >= 4 is 16.9 Å². The second-order valence-electron chi connectivity index (χ2n) is 5.38. The summed E-state index contributed by atoms with van der Waals surface area (Å²) in [5.74, 6) is 0.852. The van der Waals surface area contributed by atoms with E-state index in [0.29, 0.717) is 23.4 Å². The van der Waals surface area contributed by atoms with Crippen molar-refractivity contribution in [1.29, 1.82) is 0 Å². The number of hydrogen-bond donors (Lipinski definition) is 0. The van der Waals surface area contributed by atoms with Gasteiger partial charge in [0.1, 0.15) is 11.5 Å². The molecule has 6 heteroatoms. The predicted molar refractivity (Wildman–Crippen MR) is 88.6 cm³/mol. The van der Waals surface area contributed by atoms with Crippen molar-refractivity contribution in [2.75, 3.05) is 14.2 Å². The van der Waals surface area contributed by atoms with Crippen molar-refractivity contribution in [2.45, 2.75) is 13.5 Å². The van der Waals surface area contributed by atoms with Gasteiger partial charge in [-0.3, -0.25) is 4.79 Å². The Labute approximate surface area is 138 Å². The second kappa shape index (κ2) is 6.23. The summed E-state index contributed by atoms with van der Waals surface area (Å²) < 4.78 is 17.3. The largest absolute Gasteiger partial charge is 0.497 e. The van der Waals surface area contributed by atoms with Gasteiger partial charge in [0.05, 0.1) is 26.3 Å². The lowest BCUT2D eigenvalue weighted by molar-refractivity contribution is 0.0563. The van der Waals surface area contributed by atoms with Gasteiger partial charge in [-0.15, -0.1) is 0 Å². The third kappa shape index (κ3) is 2.78. The van der Waals surface area contributed by atoms with E-state index in [4.69, 9.17) is 9.15 Å². The molecule has 1 aromatic carbocycles. The minimum Gasteiger partial charge on any atom is -0.497 e. The predicted octanol–water partition coefficient (Wildman–Crippen LogP) is 2.75. The fourth-order valence-corrected chi connectivity index (χ4v) is 2.65. The van der Waals surface area contributed by atoms with Crippen molar-refractivity contribution < 1.29 is 18.7 Å². The van der Waals surface area contributed by atoms with Crippen LogP contribution in [0.3, 0.4) is 0 Å². The highest BCUT2D eigenvalue weighted by Crippen LogP contribution is 2.21. The number of carbonyl (C=O) groups excluding carboxylic acids is 1. The van der Waals surface area contributed by atoms with E-state index < -0.39 is 5.97 Å². The van der Waals surface area contributed by atoms with E-state index in [-0.39, 0.29) is 11.2 Å². The van der Waals surface area contributed by atoms with Crippen molar-refractivity contribution in [3.8, 4) is 5.75 Å². The van der Waals surface area contributed by atoms with Gasteiger partial charge in [-0.25, -0.2) is 4.79 Å². The van der Waals surface area contributed by atoms with Gasteiger partial charge >= 0.3 is 5.97 Å². The van der Waals surface area contributed by atoms with Gasteiger partial charge in [0.2, 0.25) is 5.76 Å². The first-order valence-corrected chi connectivity index (χ1v) is 7.38. The zero-order valence-corrected chi connectivity index (χ0v) is 13.7. The number of rotatable bonds is 4. The van der Waals surface area contributed by atoms with Crippen LogP contribution in [0.2, 0.25) is 0 Å². The average Bonchev–Trinajstić information content (AvgIpc) is 3.06. The molecule has 0 bridgehead atoms. The molecule has 3 aromatic rings. The highest BCUT2D eigenvalue weighted by Gasteiger charge is 2.13. The number of benzene rings is 1. The van der Waals surface area contributed by atoms with Crippen LogP contribution < -0.4 is 10.2 Å². The normalized spacial score (nSPS) is 10.8. The van der Waals surface area contributed by atoms with Crippen LogP contribution in [0.4, 0.5) is 0 Å². The van der Waals surface area contributed by atoms with Crippen molar-refractivity contribution in [3.63, 3.8) is 0 Å². The molecule has 0 atom stereocenters. The summed E-state index contributed by atoms with van der Waals surface area (Å²) in [6, 6.07) is 10.2. The van der Waals surface area contributed by atoms with Gasteiger partial charge in [-0.1, -0.05) is 0 Å². The zero-order chi connectivity index (χ0) is 17.3. The molecule has 0 aliphatic carbocycles. The minimum atomic E-state index is -0.521. The number of furan rings is 1. The van der Waals surface area contributed by atoms with Gasteiger partial charge in [0.15, 0.2) is 5.43 Å². The Morgan fingerprint density at radius 3 is 2.67 bits per heavy atom. The summed E-state index contributed by atoms with van der Waals surface area (Å²) >= 11 is 0. The number of pyridine rings is 1. The summed E-state index contributed by atoms with van der Waals surface area (Å²) in [6.07, 6.45) is 0. The smallest absolute Gasteiger partial charge is 0.373 e. The molecule has 0 fully saturated rings. The third-order valence-corrected chi connectivity index (χ3v) is 3.89. The summed E-state index contributed by atoms with van der Waals surface area (Å²) in [5, 5.41) is 0.569. The van der Waals surface area contributed by atoms with Crippen molar-refractivity contribution in [2.24, 2.45) is 0 Å². The molecule has 0 unspecified atom stereocenters. The van der Waals surface area contributed by atoms with E-state index in [0.717, 1.165) is 11.2 Å². The van der Waals surface area contributed by atoms with Gasteiger partial charge in [0, 0.05) is 17.1 Å². The number of methoxy groups -OCH3 is 2. The van der Waals surface area contributed by atoms with Crippen LogP contribution >= 0.6 is 0 Å². The number of fused-ring (bicyclic) bond motifs is 1. The molecule has 3 rings (SSSR count). The molecule has 0 amide bonds. The van der Waals surface area contributed by atoms with Crippen LogP contribution in [0.1, 0.15) is 22.0 Å². The quantitative estimate of drug-likeness (QED) is 0.689. The highest BCUT2D eigenvalue weighted by atomic mass is 16.5. The maximum Gasteiger partial charge on any atom is 0.373 e. The first kappa shape index (κ1) is 15.9. The number of aromatic nitrogens is 1. The van der Waals surface area contributed by atoms with Crippen LogP contribution in [0, 0.1) is 6.92 Å². The molecule has 0 N–H and O–H groups in total. The summed E-state index contributed by atoms with van der Waals surface area (Å²) in [6.45, 7) is 2.25. The number of carbonyl (C=O) groups is 1. The molecule has 2 aromatic heterocycles. The van der Waals surface area contributed by atoms with Gasteiger partial charge in [0.25, 0.3) is 0 Å². The molecular weight excluding hydrogens is 310 g/mol. The number of nitrogens with zero attached hydrogens (tertiary/aromatic N) is 1. The Morgan fingerprint density at radius 1 is 1.17 bits per heavy atom. The lowest BCUT2D eigenvalue weighted by atomic mass is 10.1. The van der Waals surface area contributed by atoms with E-state index in [1.54, 1.807) is 37.4 Å². The molecule has 0 aliphatic heterocycles. The van der Waals surface area contributed by atoms with Gasteiger partial charge in [-0.05, 0) is 37.3 Å². The van der Waals surface area contributed by atoms with Crippen molar-refractivity contribution in [3.05, 3.63) is 63.8 Å². The van der Waals surface area contributed by atoms with E-state index in [1.807, 2.05) is 17.6 Å². The zero-order valence-electron chi connectivity index (χ0n) is 13.7. The van der Waals surface area contributed by atoms with Crippen LogP contribution in [0.15, 0.2) is 45.6 Å². The number of hydrogen-bond acceptors (Lipinski definition) is 5. The first-order valence-electron chi connectivity index (χ1n) is 7.38. The summed E-state index contributed by atoms with van der Waals surface area (Å²) in [7, 11) is 2.86. The van der Waals surface area contributed by atoms with E-state index in [1.165, 1.54) is 7.11 Å². The number of ether oxygens (including phenoxy) is 2. The third-order valence-electron chi connectivity index (χ3n) is 3.89.